The molecule has 0 bridgehead atoms. The molecule has 2 fully saturated rings. The summed E-state index contributed by atoms with van der Waals surface area (Å²) in [6.45, 7) is 2.60. The second kappa shape index (κ2) is 8.51. The Bertz CT molecular complexity index is 940. The highest BCUT2D eigenvalue weighted by Gasteiger charge is 2.17. The molecule has 1 aliphatic heterocycles. The number of ether oxygens (including phenoxy) is 1. The van der Waals surface area contributed by atoms with Gasteiger partial charge >= 0.3 is 0 Å². The van der Waals surface area contributed by atoms with Crippen LogP contribution in [-0.2, 0) is 4.74 Å². The standard InChI is InChI=1S/C23H29N5O/c1-2-5-19(4-1)29-15-14-25-22-11-12-23-26-16-21(28(23)27-22)18-9-7-17(8-10-18)20-6-3-13-24-20/h7-12,16,19-20,24H,1-6,13-15H2,(H,25,27). The van der Waals surface area contributed by atoms with E-state index in [1.807, 2.05) is 22.8 Å². The van der Waals surface area contributed by atoms with Gasteiger partial charge in [-0.2, -0.15) is 0 Å². The third-order valence-electron chi connectivity index (χ3n) is 6.10. The molecule has 0 amide bonds. The Hall–Kier alpha value is -2.44. The van der Waals surface area contributed by atoms with Crippen molar-refractivity contribution in [3.8, 4) is 11.3 Å². The number of anilines is 1. The molecule has 2 aliphatic rings. The van der Waals surface area contributed by atoms with Crippen molar-refractivity contribution in [2.24, 2.45) is 0 Å². The van der Waals surface area contributed by atoms with Crippen LogP contribution < -0.4 is 10.6 Å². The molecular formula is C23H29N5O. The molecule has 5 rings (SSSR count). The van der Waals surface area contributed by atoms with Crippen molar-refractivity contribution >= 4 is 11.5 Å². The molecule has 1 saturated heterocycles. The third kappa shape index (κ3) is 4.14. The van der Waals surface area contributed by atoms with Crippen LogP contribution in [0.2, 0.25) is 0 Å². The molecule has 1 unspecified atom stereocenters. The highest BCUT2D eigenvalue weighted by Crippen LogP contribution is 2.27. The van der Waals surface area contributed by atoms with Crippen LogP contribution in [0, 0.1) is 0 Å². The van der Waals surface area contributed by atoms with E-state index in [0.717, 1.165) is 42.4 Å². The van der Waals surface area contributed by atoms with E-state index in [0.29, 0.717) is 12.1 Å². The fourth-order valence-electron chi connectivity index (χ4n) is 4.48. The van der Waals surface area contributed by atoms with Gasteiger partial charge in [0.15, 0.2) is 5.65 Å². The number of imidazole rings is 1. The number of aromatic nitrogens is 3. The molecule has 1 atom stereocenters. The van der Waals surface area contributed by atoms with Gasteiger partial charge in [-0.3, -0.25) is 0 Å². The summed E-state index contributed by atoms with van der Waals surface area (Å²) in [5.41, 5.74) is 4.36. The minimum absolute atomic E-state index is 0.454. The number of rotatable bonds is 7. The fraction of sp³-hybridized carbons (Fsp3) is 0.478. The molecule has 2 aromatic heterocycles. The quantitative estimate of drug-likeness (QED) is 0.591. The largest absolute Gasteiger partial charge is 0.376 e. The van der Waals surface area contributed by atoms with Gasteiger partial charge in [0.1, 0.15) is 5.82 Å². The summed E-state index contributed by atoms with van der Waals surface area (Å²) >= 11 is 0. The summed E-state index contributed by atoms with van der Waals surface area (Å²) in [6.07, 6.45) is 9.85. The van der Waals surface area contributed by atoms with Gasteiger partial charge in [-0.1, -0.05) is 37.1 Å². The summed E-state index contributed by atoms with van der Waals surface area (Å²) in [6, 6.07) is 13.3. The fourth-order valence-corrected chi connectivity index (χ4v) is 4.48. The van der Waals surface area contributed by atoms with Crippen molar-refractivity contribution < 1.29 is 4.74 Å². The average molecular weight is 392 g/mol. The van der Waals surface area contributed by atoms with Gasteiger partial charge < -0.3 is 15.4 Å². The highest BCUT2D eigenvalue weighted by molar-refractivity contribution is 5.64. The first-order valence-corrected chi connectivity index (χ1v) is 10.9. The lowest BCUT2D eigenvalue weighted by atomic mass is 10.0. The zero-order valence-electron chi connectivity index (χ0n) is 16.8. The number of fused-ring (bicyclic) bond motifs is 1. The van der Waals surface area contributed by atoms with E-state index < -0.39 is 0 Å². The minimum atomic E-state index is 0.454. The van der Waals surface area contributed by atoms with E-state index in [2.05, 4.69) is 39.9 Å². The Morgan fingerprint density at radius 1 is 1.03 bits per heavy atom. The number of nitrogens with zero attached hydrogens (tertiary/aromatic N) is 3. The first-order valence-electron chi connectivity index (χ1n) is 10.9. The molecule has 3 aromatic rings. The topological polar surface area (TPSA) is 63.5 Å². The minimum Gasteiger partial charge on any atom is -0.376 e. The van der Waals surface area contributed by atoms with Crippen LogP contribution in [0.4, 0.5) is 5.82 Å². The van der Waals surface area contributed by atoms with Gasteiger partial charge in [0.25, 0.3) is 0 Å². The van der Waals surface area contributed by atoms with E-state index in [1.54, 1.807) is 0 Å². The van der Waals surface area contributed by atoms with Gasteiger partial charge in [-0.25, -0.2) is 9.50 Å². The van der Waals surface area contributed by atoms with Gasteiger partial charge in [0.2, 0.25) is 0 Å². The van der Waals surface area contributed by atoms with Gasteiger partial charge in [0, 0.05) is 18.2 Å². The van der Waals surface area contributed by atoms with Crippen LogP contribution in [0.25, 0.3) is 16.9 Å². The lowest BCUT2D eigenvalue weighted by molar-refractivity contribution is 0.0658. The van der Waals surface area contributed by atoms with E-state index >= 15 is 0 Å². The Morgan fingerprint density at radius 3 is 2.69 bits per heavy atom. The first kappa shape index (κ1) is 18.6. The monoisotopic (exact) mass is 391 g/mol. The second-order valence-corrected chi connectivity index (χ2v) is 8.11. The Balaban J connectivity index is 1.27. The molecule has 29 heavy (non-hydrogen) atoms. The van der Waals surface area contributed by atoms with Crippen molar-refractivity contribution in [1.82, 2.24) is 19.9 Å². The molecule has 1 aromatic carbocycles. The smallest absolute Gasteiger partial charge is 0.154 e. The maximum Gasteiger partial charge on any atom is 0.154 e. The predicted molar refractivity (Wildman–Crippen MR) is 115 cm³/mol. The van der Waals surface area contributed by atoms with Gasteiger partial charge in [0.05, 0.1) is 24.6 Å². The Kier molecular flexibility index (Phi) is 5.45. The van der Waals surface area contributed by atoms with Crippen LogP contribution in [0.15, 0.2) is 42.6 Å². The second-order valence-electron chi connectivity index (χ2n) is 8.11. The number of hydrogen-bond donors (Lipinski definition) is 2. The Labute approximate surface area is 171 Å². The van der Waals surface area contributed by atoms with Gasteiger partial charge in [-0.15, -0.1) is 5.10 Å². The van der Waals surface area contributed by atoms with Crippen LogP contribution in [0.1, 0.15) is 50.1 Å². The zero-order valence-corrected chi connectivity index (χ0v) is 16.8. The molecule has 2 N–H and O–H groups in total. The Morgan fingerprint density at radius 2 is 1.90 bits per heavy atom. The molecule has 0 radical (unpaired) electrons. The maximum atomic E-state index is 5.93. The molecule has 3 heterocycles. The van der Waals surface area contributed by atoms with E-state index in [9.17, 15) is 0 Å². The average Bonchev–Trinajstić information content (AvgIpc) is 3.53. The van der Waals surface area contributed by atoms with Crippen molar-refractivity contribution in [2.75, 3.05) is 25.0 Å². The molecule has 6 nitrogen and oxygen atoms in total. The summed E-state index contributed by atoms with van der Waals surface area (Å²) < 4.78 is 7.85. The lowest BCUT2D eigenvalue weighted by Gasteiger charge is -2.12. The highest BCUT2D eigenvalue weighted by atomic mass is 16.5. The number of nitrogens with one attached hydrogen (secondary N) is 2. The molecule has 1 aliphatic carbocycles. The van der Waals surface area contributed by atoms with E-state index in [-0.39, 0.29) is 0 Å². The SMILES string of the molecule is c1cc(C2CCCN2)ccc1-c1cnc2ccc(NCCOC3CCCC3)nn12. The van der Waals surface area contributed by atoms with Crippen LogP contribution in [-0.4, -0.2) is 40.4 Å². The summed E-state index contributed by atoms with van der Waals surface area (Å²) in [4.78, 5) is 4.52. The van der Waals surface area contributed by atoms with Crippen LogP contribution >= 0.6 is 0 Å². The molecular weight excluding hydrogens is 362 g/mol. The van der Waals surface area contributed by atoms with E-state index in [1.165, 1.54) is 44.1 Å². The first-order chi connectivity index (χ1) is 14.4. The van der Waals surface area contributed by atoms with Crippen LogP contribution in [0.5, 0.6) is 0 Å². The third-order valence-corrected chi connectivity index (χ3v) is 6.10. The van der Waals surface area contributed by atoms with Crippen LogP contribution in [0.3, 0.4) is 0 Å². The maximum absolute atomic E-state index is 5.93. The molecule has 1 saturated carbocycles. The van der Waals surface area contributed by atoms with E-state index in [4.69, 9.17) is 9.84 Å². The van der Waals surface area contributed by atoms with Gasteiger partial charge in [-0.05, 0) is 49.9 Å². The summed E-state index contributed by atoms with van der Waals surface area (Å²) in [5, 5.41) is 11.7. The van der Waals surface area contributed by atoms with Crippen molar-refractivity contribution in [1.29, 1.82) is 0 Å². The zero-order chi connectivity index (χ0) is 19.5. The predicted octanol–water partition coefficient (Wildman–Crippen LogP) is 4.19. The van der Waals surface area contributed by atoms with Crippen molar-refractivity contribution in [3.63, 3.8) is 0 Å². The molecule has 152 valence electrons. The summed E-state index contributed by atoms with van der Waals surface area (Å²) in [5.74, 6) is 0.846. The van der Waals surface area contributed by atoms with Crippen molar-refractivity contribution in [3.05, 3.63) is 48.2 Å². The molecule has 0 spiro atoms. The summed E-state index contributed by atoms with van der Waals surface area (Å²) in [7, 11) is 0. The molecule has 6 heteroatoms. The number of hydrogen-bond acceptors (Lipinski definition) is 5. The number of benzene rings is 1. The normalized spacial score (nSPS) is 19.9. The van der Waals surface area contributed by atoms with Crippen molar-refractivity contribution in [2.45, 2.75) is 50.7 Å². The lowest BCUT2D eigenvalue weighted by Crippen LogP contribution is -2.16.